The zero-order valence-corrected chi connectivity index (χ0v) is 14.5. The van der Waals surface area contributed by atoms with Gasteiger partial charge in [-0.2, -0.15) is 0 Å². The smallest absolute Gasteiger partial charge is 0.338 e. The highest BCUT2D eigenvalue weighted by molar-refractivity contribution is 5.89. The van der Waals surface area contributed by atoms with Gasteiger partial charge in [-0.3, -0.25) is 0 Å². The zero-order chi connectivity index (χ0) is 15.8. The van der Waals surface area contributed by atoms with Crippen molar-refractivity contribution in [2.45, 2.75) is 32.3 Å². The van der Waals surface area contributed by atoms with Crippen LogP contribution in [0.2, 0.25) is 0 Å². The summed E-state index contributed by atoms with van der Waals surface area (Å²) in [6.07, 6.45) is 2.81. The van der Waals surface area contributed by atoms with E-state index in [2.05, 4.69) is 17.1 Å². The van der Waals surface area contributed by atoms with Crippen molar-refractivity contribution >= 4 is 24.1 Å². The summed E-state index contributed by atoms with van der Waals surface area (Å²) < 4.78 is 5.19. The normalized spacial score (nSPS) is 15.7. The molecule has 0 saturated carbocycles. The molecule has 0 spiro atoms. The maximum Gasteiger partial charge on any atom is 0.338 e. The van der Waals surface area contributed by atoms with E-state index >= 15 is 0 Å². The van der Waals surface area contributed by atoms with Crippen LogP contribution >= 0.6 is 12.4 Å². The van der Waals surface area contributed by atoms with E-state index in [4.69, 9.17) is 4.74 Å². The number of ether oxygens (including phenoxy) is 1. The molecule has 1 aliphatic heterocycles. The topological polar surface area (TPSA) is 61.8 Å². The van der Waals surface area contributed by atoms with E-state index in [9.17, 15) is 9.90 Å². The van der Waals surface area contributed by atoms with Gasteiger partial charge in [-0.15, -0.1) is 12.4 Å². The predicted molar refractivity (Wildman–Crippen MR) is 94.4 cm³/mol. The average molecular weight is 343 g/mol. The number of aliphatic hydroxyl groups is 1. The lowest BCUT2D eigenvalue weighted by Crippen LogP contribution is -2.33. The van der Waals surface area contributed by atoms with Crippen LogP contribution in [0.1, 0.15) is 36.5 Å². The Morgan fingerprint density at radius 2 is 1.96 bits per heavy atom. The highest BCUT2D eigenvalue weighted by atomic mass is 35.5. The van der Waals surface area contributed by atoms with Gasteiger partial charge < -0.3 is 20.1 Å². The fraction of sp³-hybridized carbons (Fsp3) is 0.588. The minimum absolute atomic E-state index is 0. The fourth-order valence-corrected chi connectivity index (χ4v) is 2.56. The molecule has 0 aliphatic carbocycles. The Morgan fingerprint density at radius 3 is 2.57 bits per heavy atom. The summed E-state index contributed by atoms with van der Waals surface area (Å²) in [4.78, 5) is 14.1. The average Bonchev–Trinajstić information content (AvgIpc) is 3.04. The summed E-state index contributed by atoms with van der Waals surface area (Å²) >= 11 is 0. The quantitative estimate of drug-likeness (QED) is 0.711. The molecule has 1 aliphatic rings. The van der Waals surface area contributed by atoms with Crippen molar-refractivity contribution in [1.29, 1.82) is 0 Å². The van der Waals surface area contributed by atoms with E-state index in [-0.39, 0.29) is 25.0 Å². The van der Waals surface area contributed by atoms with Gasteiger partial charge in [-0.05, 0) is 56.6 Å². The molecule has 1 heterocycles. The third-order valence-electron chi connectivity index (χ3n) is 3.77. The van der Waals surface area contributed by atoms with Gasteiger partial charge in [-0.25, -0.2) is 4.79 Å². The number of benzene rings is 1. The molecule has 5 nitrogen and oxygen atoms in total. The molecule has 0 aromatic heterocycles. The Labute approximate surface area is 144 Å². The number of carbonyl (C=O) groups is 1. The van der Waals surface area contributed by atoms with Crippen LogP contribution in [0.15, 0.2) is 24.3 Å². The molecule has 6 heteroatoms. The largest absolute Gasteiger partial charge is 0.459 e. The molecule has 130 valence electrons. The second-order valence-corrected chi connectivity index (χ2v) is 5.76. The van der Waals surface area contributed by atoms with Gasteiger partial charge >= 0.3 is 5.97 Å². The molecule has 2 N–H and O–H groups in total. The summed E-state index contributed by atoms with van der Waals surface area (Å²) in [5.41, 5.74) is 1.50. The van der Waals surface area contributed by atoms with Crippen molar-refractivity contribution in [2.24, 2.45) is 0 Å². The van der Waals surface area contributed by atoms with Crippen LogP contribution < -0.4 is 5.32 Å². The van der Waals surface area contributed by atoms with E-state index in [1.165, 1.54) is 12.8 Å². The molecular weight excluding hydrogens is 316 g/mol. The lowest BCUT2D eigenvalue weighted by molar-refractivity contribution is 0.0178. The Balaban J connectivity index is 0.00000264. The van der Waals surface area contributed by atoms with Gasteiger partial charge in [0.15, 0.2) is 0 Å². The zero-order valence-electron chi connectivity index (χ0n) is 13.7. The first kappa shape index (κ1) is 19.7. The minimum Gasteiger partial charge on any atom is -0.459 e. The fourth-order valence-electron chi connectivity index (χ4n) is 2.56. The number of aliphatic hydroxyl groups excluding tert-OH is 1. The number of anilines is 1. The van der Waals surface area contributed by atoms with Gasteiger partial charge in [0.25, 0.3) is 0 Å². The molecule has 23 heavy (non-hydrogen) atoms. The molecule has 2 rings (SSSR count). The molecule has 1 atom stereocenters. The van der Waals surface area contributed by atoms with Crippen LogP contribution in [-0.4, -0.2) is 54.9 Å². The Morgan fingerprint density at radius 1 is 1.30 bits per heavy atom. The second kappa shape index (κ2) is 10.5. The summed E-state index contributed by atoms with van der Waals surface area (Å²) in [6.45, 7) is 5.69. The molecule has 0 bridgehead atoms. The number of hydrogen-bond acceptors (Lipinski definition) is 5. The first-order valence-electron chi connectivity index (χ1n) is 8.10. The van der Waals surface area contributed by atoms with E-state index in [0.29, 0.717) is 12.1 Å². The number of rotatable bonds is 8. The molecular formula is C17H27ClN2O3. The van der Waals surface area contributed by atoms with E-state index in [1.54, 1.807) is 12.1 Å². The van der Waals surface area contributed by atoms with Gasteiger partial charge in [0, 0.05) is 18.8 Å². The van der Waals surface area contributed by atoms with Crippen LogP contribution in [0.5, 0.6) is 0 Å². The number of esters is 1. The maximum absolute atomic E-state index is 11.9. The second-order valence-electron chi connectivity index (χ2n) is 5.76. The first-order valence-corrected chi connectivity index (χ1v) is 8.10. The number of likely N-dealkylation sites (tertiary alicyclic amines) is 1. The molecule has 1 aromatic rings. The van der Waals surface area contributed by atoms with Crippen LogP contribution in [0.25, 0.3) is 0 Å². The molecule has 1 aromatic carbocycles. The summed E-state index contributed by atoms with van der Waals surface area (Å²) in [5.74, 6) is -0.387. The maximum atomic E-state index is 11.9. The molecule has 1 saturated heterocycles. The van der Waals surface area contributed by atoms with Crippen molar-refractivity contribution < 1.29 is 14.6 Å². The lowest BCUT2D eigenvalue weighted by Gasteiger charge is -2.19. The van der Waals surface area contributed by atoms with E-state index in [0.717, 1.165) is 31.7 Å². The van der Waals surface area contributed by atoms with Crippen LogP contribution in [0.3, 0.4) is 0 Å². The van der Waals surface area contributed by atoms with Crippen LogP contribution in [-0.2, 0) is 4.74 Å². The number of carbonyl (C=O) groups excluding carboxylic acids is 1. The Kier molecular flexibility index (Phi) is 8.99. The monoisotopic (exact) mass is 342 g/mol. The van der Waals surface area contributed by atoms with E-state index < -0.39 is 6.10 Å². The third kappa shape index (κ3) is 6.77. The standard InChI is InChI=1S/C17H26N2O3.ClH/c1-2-9-18-15-7-5-14(6-8-15)17(21)22-13-16(20)12-19-10-3-4-11-19;/h5-8,16,18,20H,2-4,9-13H2,1H3;1H. The number of hydrogen-bond donors (Lipinski definition) is 2. The lowest BCUT2D eigenvalue weighted by atomic mass is 10.2. The van der Waals surface area contributed by atoms with Crippen molar-refractivity contribution in [3.63, 3.8) is 0 Å². The Hall–Kier alpha value is -1.30. The summed E-state index contributed by atoms with van der Waals surface area (Å²) in [5, 5.41) is 13.2. The summed E-state index contributed by atoms with van der Waals surface area (Å²) in [7, 11) is 0. The first-order chi connectivity index (χ1) is 10.7. The van der Waals surface area contributed by atoms with Crippen molar-refractivity contribution in [2.75, 3.05) is 38.1 Å². The Bertz CT molecular complexity index is 461. The minimum atomic E-state index is -0.618. The van der Waals surface area contributed by atoms with Crippen molar-refractivity contribution in [3.05, 3.63) is 29.8 Å². The van der Waals surface area contributed by atoms with Gasteiger partial charge in [0.05, 0.1) is 5.56 Å². The van der Waals surface area contributed by atoms with E-state index in [1.807, 2.05) is 12.1 Å². The van der Waals surface area contributed by atoms with Crippen molar-refractivity contribution in [3.8, 4) is 0 Å². The highest BCUT2D eigenvalue weighted by Crippen LogP contribution is 2.11. The van der Waals surface area contributed by atoms with Crippen molar-refractivity contribution in [1.82, 2.24) is 4.90 Å². The van der Waals surface area contributed by atoms with Gasteiger partial charge in [0.2, 0.25) is 0 Å². The molecule has 0 radical (unpaired) electrons. The number of halogens is 1. The van der Waals surface area contributed by atoms with Crippen LogP contribution in [0, 0.1) is 0 Å². The van der Waals surface area contributed by atoms with Gasteiger partial charge in [0.1, 0.15) is 12.7 Å². The van der Waals surface area contributed by atoms with Crippen LogP contribution in [0.4, 0.5) is 5.69 Å². The molecule has 0 amide bonds. The number of β-amino-alcohol motifs (C(OH)–C–C–N with tert-alkyl or cyclic N) is 1. The predicted octanol–water partition coefficient (Wildman–Crippen LogP) is 2.54. The highest BCUT2D eigenvalue weighted by Gasteiger charge is 2.17. The SMILES string of the molecule is CCCNc1ccc(C(=O)OCC(O)CN2CCCC2)cc1.Cl. The van der Waals surface area contributed by atoms with Gasteiger partial charge in [-0.1, -0.05) is 6.92 Å². The number of nitrogens with one attached hydrogen (secondary N) is 1. The molecule has 1 fully saturated rings. The summed E-state index contributed by atoms with van der Waals surface area (Å²) in [6, 6.07) is 7.22. The number of nitrogens with zero attached hydrogens (tertiary/aromatic N) is 1. The third-order valence-corrected chi connectivity index (χ3v) is 3.77. The molecule has 1 unspecified atom stereocenters.